The van der Waals surface area contributed by atoms with Crippen LogP contribution in [0.1, 0.15) is 16.1 Å². The van der Waals surface area contributed by atoms with Crippen LogP contribution in [0.5, 0.6) is 0 Å². The van der Waals surface area contributed by atoms with Crippen molar-refractivity contribution in [2.24, 2.45) is 0 Å². The molecule has 3 N–H and O–H groups in total. The zero-order valence-electron chi connectivity index (χ0n) is 16.0. The number of amides is 1. The summed E-state index contributed by atoms with van der Waals surface area (Å²) in [6.07, 6.45) is 1.68. The fourth-order valence-electron chi connectivity index (χ4n) is 3.31. The number of aromatic amines is 2. The van der Waals surface area contributed by atoms with E-state index in [1.807, 2.05) is 43.3 Å². The van der Waals surface area contributed by atoms with Crippen molar-refractivity contribution in [1.29, 1.82) is 0 Å². The summed E-state index contributed by atoms with van der Waals surface area (Å²) in [7, 11) is 0. The lowest BCUT2D eigenvalue weighted by atomic mass is 10.2. The van der Waals surface area contributed by atoms with Crippen molar-refractivity contribution in [1.82, 2.24) is 19.7 Å². The molecule has 0 unspecified atom stereocenters. The predicted octanol–water partition coefficient (Wildman–Crippen LogP) is 3.86. The van der Waals surface area contributed by atoms with E-state index in [1.54, 1.807) is 35.1 Å². The smallest absolute Gasteiger partial charge is 0.323 e. The monoisotopic (exact) mass is 399 g/mol. The highest BCUT2D eigenvalue weighted by Gasteiger charge is 2.21. The average molecular weight is 399 g/mol. The molecule has 0 spiro atoms. The van der Waals surface area contributed by atoms with Crippen LogP contribution in [0.25, 0.3) is 28.2 Å². The first kappa shape index (κ1) is 17.7. The first-order valence-corrected chi connectivity index (χ1v) is 9.32. The third kappa shape index (κ3) is 3.20. The number of nitrogens with one attached hydrogen (secondary N) is 3. The molecule has 0 aliphatic rings. The number of carbonyl (C=O) groups is 1. The predicted molar refractivity (Wildman–Crippen MR) is 113 cm³/mol. The van der Waals surface area contributed by atoms with Crippen LogP contribution in [0.15, 0.2) is 76.1 Å². The topological polar surface area (TPSA) is 109 Å². The number of nitrogens with zero attached hydrogens (tertiary/aromatic N) is 2. The van der Waals surface area contributed by atoms with Crippen LogP contribution in [-0.4, -0.2) is 25.7 Å². The van der Waals surface area contributed by atoms with Gasteiger partial charge in [0, 0.05) is 11.9 Å². The van der Waals surface area contributed by atoms with Gasteiger partial charge in [0.05, 0.1) is 22.3 Å². The molecule has 0 bridgehead atoms. The van der Waals surface area contributed by atoms with Crippen molar-refractivity contribution in [2.45, 2.75) is 6.92 Å². The Bertz CT molecular complexity index is 1420. The molecular formula is C22H17N5O3. The summed E-state index contributed by atoms with van der Waals surface area (Å²) in [5, 5.41) is 7.46. The van der Waals surface area contributed by atoms with E-state index in [2.05, 4.69) is 20.4 Å². The molecule has 5 rings (SSSR count). The normalized spacial score (nSPS) is 11.1. The number of benzene rings is 2. The Morgan fingerprint density at radius 2 is 1.83 bits per heavy atom. The Balaban J connectivity index is 1.54. The minimum Gasteiger partial charge on any atom is -0.460 e. The van der Waals surface area contributed by atoms with Gasteiger partial charge in [0.1, 0.15) is 11.5 Å². The lowest BCUT2D eigenvalue weighted by molar-refractivity contribution is 0.102. The van der Waals surface area contributed by atoms with Gasteiger partial charge < -0.3 is 19.7 Å². The van der Waals surface area contributed by atoms with Gasteiger partial charge in [-0.15, -0.1) is 0 Å². The van der Waals surface area contributed by atoms with Crippen LogP contribution in [0.4, 0.5) is 5.69 Å². The van der Waals surface area contributed by atoms with Gasteiger partial charge in [0.15, 0.2) is 5.76 Å². The van der Waals surface area contributed by atoms with Crippen LogP contribution in [0.2, 0.25) is 0 Å². The minimum absolute atomic E-state index is 0.298. The van der Waals surface area contributed by atoms with Crippen molar-refractivity contribution in [3.8, 4) is 17.1 Å². The molecule has 1 amide bonds. The van der Waals surface area contributed by atoms with E-state index >= 15 is 0 Å². The molecule has 30 heavy (non-hydrogen) atoms. The third-order valence-corrected chi connectivity index (χ3v) is 4.73. The number of H-pyrrole nitrogens is 2. The summed E-state index contributed by atoms with van der Waals surface area (Å²) in [6.45, 7) is 1.84. The van der Waals surface area contributed by atoms with Gasteiger partial charge in [-0.2, -0.15) is 5.10 Å². The van der Waals surface area contributed by atoms with Crippen molar-refractivity contribution in [2.75, 3.05) is 5.32 Å². The van der Waals surface area contributed by atoms with Crippen LogP contribution in [0, 0.1) is 6.92 Å². The zero-order chi connectivity index (χ0) is 20.7. The van der Waals surface area contributed by atoms with Gasteiger partial charge in [-0.05, 0) is 49.4 Å². The molecule has 3 heterocycles. The number of fused-ring (bicyclic) bond motifs is 1. The quantitative estimate of drug-likeness (QED) is 0.426. The molecule has 8 nitrogen and oxygen atoms in total. The fourth-order valence-corrected chi connectivity index (χ4v) is 3.31. The van der Waals surface area contributed by atoms with Gasteiger partial charge in [-0.3, -0.25) is 4.79 Å². The van der Waals surface area contributed by atoms with Crippen molar-refractivity contribution < 1.29 is 9.21 Å². The Morgan fingerprint density at radius 1 is 1.03 bits per heavy atom. The molecule has 0 saturated heterocycles. The number of aryl methyl sites for hydroxylation is 1. The number of hydrogen-bond donors (Lipinski definition) is 3. The van der Waals surface area contributed by atoms with Crippen LogP contribution in [0.3, 0.4) is 0 Å². The average Bonchev–Trinajstić information content (AvgIpc) is 3.45. The number of carbonyl (C=O) groups excluding carboxylic acids is 1. The van der Waals surface area contributed by atoms with E-state index in [1.165, 1.54) is 0 Å². The Hall–Kier alpha value is -4.33. The fraction of sp³-hybridized carbons (Fsp3) is 0.0455. The Labute approximate surface area is 170 Å². The second kappa shape index (κ2) is 6.93. The lowest BCUT2D eigenvalue weighted by Crippen LogP contribution is -2.12. The standard InChI is InChI=1S/C22H17N5O3/c1-13-7-10-19(30-13)20-16(12-27(26-20)15-5-3-2-4-6-15)21(28)23-14-8-9-17-18(11-14)25-22(29)24-17/h2-12H,1H3,(H,23,28)(H2,24,25,29). The Kier molecular flexibility index (Phi) is 4.10. The molecule has 0 atom stereocenters. The lowest BCUT2D eigenvalue weighted by Gasteiger charge is -2.04. The molecule has 0 aliphatic heterocycles. The summed E-state index contributed by atoms with van der Waals surface area (Å²) in [4.78, 5) is 29.9. The summed E-state index contributed by atoms with van der Waals surface area (Å²) < 4.78 is 7.37. The highest BCUT2D eigenvalue weighted by atomic mass is 16.3. The summed E-state index contributed by atoms with van der Waals surface area (Å²) in [5.41, 5.74) is 3.18. The van der Waals surface area contributed by atoms with E-state index in [-0.39, 0.29) is 11.6 Å². The molecule has 0 fully saturated rings. The van der Waals surface area contributed by atoms with Gasteiger partial charge in [-0.1, -0.05) is 18.2 Å². The maximum atomic E-state index is 13.1. The second-order valence-electron chi connectivity index (χ2n) is 6.88. The first-order chi connectivity index (χ1) is 14.6. The maximum absolute atomic E-state index is 13.1. The zero-order valence-corrected chi connectivity index (χ0v) is 16.0. The van der Waals surface area contributed by atoms with Gasteiger partial charge in [0.2, 0.25) is 0 Å². The molecular weight excluding hydrogens is 382 g/mol. The van der Waals surface area contributed by atoms with E-state index < -0.39 is 0 Å². The number of para-hydroxylation sites is 1. The molecule has 8 heteroatoms. The van der Waals surface area contributed by atoms with Gasteiger partial charge in [0.25, 0.3) is 5.91 Å². The number of imidazole rings is 1. The number of aromatic nitrogens is 4. The van der Waals surface area contributed by atoms with Crippen molar-refractivity contribution in [3.05, 3.63) is 88.7 Å². The van der Waals surface area contributed by atoms with Crippen molar-refractivity contribution >= 4 is 22.6 Å². The van der Waals surface area contributed by atoms with E-state index in [9.17, 15) is 9.59 Å². The highest BCUT2D eigenvalue weighted by molar-refractivity contribution is 6.08. The van der Waals surface area contributed by atoms with Crippen LogP contribution >= 0.6 is 0 Å². The molecule has 0 radical (unpaired) electrons. The number of rotatable bonds is 4. The molecule has 148 valence electrons. The first-order valence-electron chi connectivity index (χ1n) is 9.32. The molecule has 2 aromatic carbocycles. The maximum Gasteiger partial charge on any atom is 0.323 e. The molecule has 5 aromatic rings. The van der Waals surface area contributed by atoms with E-state index in [0.717, 1.165) is 11.4 Å². The summed E-state index contributed by atoms with van der Waals surface area (Å²) in [5.74, 6) is 0.906. The van der Waals surface area contributed by atoms with Gasteiger partial charge >= 0.3 is 5.69 Å². The number of hydrogen-bond acceptors (Lipinski definition) is 4. The SMILES string of the molecule is Cc1ccc(-c2nn(-c3ccccc3)cc2C(=O)Nc2ccc3[nH]c(=O)[nH]c3c2)o1. The van der Waals surface area contributed by atoms with E-state index in [4.69, 9.17) is 4.42 Å². The molecule has 0 saturated carbocycles. The number of furan rings is 1. The Morgan fingerprint density at radius 3 is 2.60 bits per heavy atom. The minimum atomic E-state index is -0.335. The van der Waals surface area contributed by atoms with Crippen LogP contribution < -0.4 is 11.0 Å². The van der Waals surface area contributed by atoms with Crippen LogP contribution in [-0.2, 0) is 0 Å². The molecule has 0 aliphatic carbocycles. The van der Waals surface area contributed by atoms with E-state index in [0.29, 0.717) is 33.7 Å². The van der Waals surface area contributed by atoms with Crippen molar-refractivity contribution in [3.63, 3.8) is 0 Å². The summed E-state index contributed by atoms with van der Waals surface area (Å²) in [6, 6.07) is 18.3. The summed E-state index contributed by atoms with van der Waals surface area (Å²) >= 11 is 0. The molecule has 3 aromatic heterocycles. The number of anilines is 1. The third-order valence-electron chi connectivity index (χ3n) is 4.73. The second-order valence-corrected chi connectivity index (χ2v) is 6.88. The highest BCUT2D eigenvalue weighted by Crippen LogP contribution is 2.27. The largest absolute Gasteiger partial charge is 0.460 e. The van der Waals surface area contributed by atoms with Gasteiger partial charge in [-0.25, -0.2) is 9.48 Å².